The largest absolute Gasteiger partial charge is 0.375 e. The molecule has 2 aromatic rings. The van der Waals surface area contributed by atoms with Gasteiger partial charge in [0.05, 0.1) is 6.04 Å². The molecule has 1 aliphatic rings. The molecule has 3 rings (SSSR count). The Morgan fingerprint density at radius 2 is 1.96 bits per heavy atom. The van der Waals surface area contributed by atoms with Gasteiger partial charge in [0.2, 0.25) is 5.91 Å². The van der Waals surface area contributed by atoms with Crippen molar-refractivity contribution in [3.8, 4) is 0 Å². The SMILES string of the molecule is COCC(=O)NC[C@H](c1ccc(C(C)C)cc1)N1CCc2sccc2C1. The lowest BCUT2D eigenvalue weighted by molar-refractivity contribution is -0.125. The monoisotopic (exact) mass is 372 g/mol. The Kier molecular flexibility index (Phi) is 6.46. The van der Waals surface area contributed by atoms with Crippen LogP contribution < -0.4 is 5.32 Å². The quantitative estimate of drug-likeness (QED) is 0.805. The lowest BCUT2D eigenvalue weighted by Gasteiger charge is -2.35. The minimum atomic E-state index is -0.0652. The Balaban J connectivity index is 1.78. The third-order valence-corrected chi connectivity index (χ3v) is 6.06. The van der Waals surface area contributed by atoms with E-state index in [1.54, 1.807) is 7.11 Å². The zero-order chi connectivity index (χ0) is 18.5. The highest BCUT2D eigenvalue weighted by atomic mass is 32.1. The molecule has 0 saturated carbocycles. The standard InChI is InChI=1S/C21H28N2O2S/c1-15(2)16-4-6-17(7-5-16)19(12-22-21(24)14-25-3)23-10-8-20-18(13-23)9-11-26-20/h4-7,9,11,15,19H,8,10,12-14H2,1-3H3,(H,22,24)/t19-/m1/s1. The summed E-state index contributed by atoms with van der Waals surface area (Å²) in [7, 11) is 1.55. The van der Waals surface area contributed by atoms with Gasteiger partial charge in [-0.3, -0.25) is 9.69 Å². The molecule has 140 valence electrons. The number of fused-ring (bicyclic) bond motifs is 1. The van der Waals surface area contributed by atoms with E-state index >= 15 is 0 Å². The van der Waals surface area contributed by atoms with E-state index in [1.165, 1.54) is 21.6 Å². The fourth-order valence-corrected chi connectivity index (χ4v) is 4.38. The van der Waals surface area contributed by atoms with Gasteiger partial charge in [-0.1, -0.05) is 38.1 Å². The average molecular weight is 373 g/mol. The molecule has 1 aromatic heterocycles. The second-order valence-electron chi connectivity index (χ2n) is 7.16. The van der Waals surface area contributed by atoms with Gasteiger partial charge in [-0.15, -0.1) is 11.3 Å². The van der Waals surface area contributed by atoms with Crippen LogP contribution in [0, 0.1) is 0 Å². The number of thiophene rings is 1. The molecule has 1 amide bonds. The number of methoxy groups -OCH3 is 1. The zero-order valence-corrected chi connectivity index (χ0v) is 16.6. The second-order valence-corrected chi connectivity index (χ2v) is 8.16. The van der Waals surface area contributed by atoms with Crippen molar-refractivity contribution in [2.24, 2.45) is 0 Å². The number of amides is 1. The maximum atomic E-state index is 11.9. The third-order valence-electron chi connectivity index (χ3n) is 5.03. The van der Waals surface area contributed by atoms with E-state index in [1.807, 2.05) is 11.3 Å². The number of nitrogens with zero attached hydrogens (tertiary/aromatic N) is 1. The summed E-state index contributed by atoms with van der Waals surface area (Å²) in [6.45, 7) is 7.08. The van der Waals surface area contributed by atoms with Crippen molar-refractivity contribution in [1.29, 1.82) is 0 Å². The predicted octanol–water partition coefficient (Wildman–Crippen LogP) is 3.73. The van der Waals surface area contributed by atoms with Crippen molar-refractivity contribution in [1.82, 2.24) is 10.2 Å². The fourth-order valence-electron chi connectivity index (χ4n) is 3.49. The van der Waals surface area contributed by atoms with E-state index in [0.717, 1.165) is 19.5 Å². The van der Waals surface area contributed by atoms with Gasteiger partial charge in [-0.2, -0.15) is 0 Å². The average Bonchev–Trinajstić information content (AvgIpc) is 3.10. The van der Waals surface area contributed by atoms with Crippen molar-refractivity contribution in [2.45, 2.75) is 38.8 Å². The number of ether oxygens (including phenoxy) is 1. The summed E-state index contributed by atoms with van der Waals surface area (Å²) in [5, 5.41) is 5.21. The van der Waals surface area contributed by atoms with Crippen LogP contribution in [0.3, 0.4) is 0 Å². The minimum absolute atomic E-state index is 0.0652. The molecular weight excluding hydrogens is 344 g/mol. The summed E-state index contributed by atoms with van der Waals surface area (Å²) < 4.78 is 4.94. The molecule has 0 unspecified atom stereocenters. The van der Waals surface area contributed by atoms with Gasteiger partial charge < -0.3 is 10.1 Å². The van der Waals surface area contributed by atoms with Gasteiger partial charge in [-0.05, 0) is 40.5 Å². The number of benzene rings is 1. The fraction of sp³-hybridized carbons (Fsp3) is 0.476. The highest BCUT2D eigenvalue weighted by molar-refractivity contribution is 7.10. The molecule has 26 heavy (non-hydrogen) atoms. The molecule has 0 aliphatic carbocycles. The van der Waals surface area contributed by atoms with E-state index < -0.39 is 0 Å². The number of carbonyl (C=O) groups is 1. The lowest BCUT2D eigenvalue weighted by Crippen LogP contribution is -2.41. The minimum Gasteiger partial charge on any atom is -0.375 e. The van der Waals surface area contributed by atoms with Gasteiger partial charge in [0.25, 0.3) is 0 Å². The maximum Gasteiger partial charge on any atom is 0.246 e. The Morgan fingerprint density at radius 1 is 1.23 bits per heavy atom. The van der Waals surface area contributed by atoms with E-state index in [4.69, 9.17) is 4.74 Å². The third kappa shape index (κ3) is 4.53. The van der Waals surface area contributed by atoms with Crippen molar-refractivity contribution in [3.05, 3.63) is 57.3 Å². The van der Waals surface area contributed by atoms with Gasteiger partial charge >= 0.3 is 0 Å². The number of nitrogens with one attached hydrogen (secondary N) is 1. The molecule has 1 atom stereocenters. The molecule has 0 fully saturated rings. The smallest absolute Gasteiger partial charge is 0.246 e. The van der Waals surface area contributed by atoms with Crippen LogP contribution in [0.4, 0.5) is 0 Å². The number of hydrogen-bond acceptors (Lipinski definition) is 4. The predicted molar refractivity (Wildman–Crippen MR) is 107 cm³/mol. The first kappa shape index (κ1) is 19.1. The van der Waals surface area contributed by atoms with E-state index in [2.05, 4.69) is 59.8 Å². The lowest BCUT2D eigenvalue weighted by atomic mass is 9.97. The number of hydrogen-bond donors (Lipinski definition) is 1. The molecule has 4 nitrogen and oxygen atoms in total. The van der Waals surface area contributed by atoms with Crippen LogP contribution in [0.2, 0.25) is 0 Å². The van der Waals surface area contributed by atoms with Crippen LogP contribution >= 0.6 is 11.3 Å². The van der Waals surface area contributed by atoms with Crippen molar-refractivity contribution in [3.63, 3.8) is 0 Å². The van der Waals surface area contributed by atoms with Crippen LogP contribution in [-0.2, 0) is 22.5 Å². The Morgan fingerprint density at radius 3 is 2.65 bits per heavy atom. The number of rotatable bonds is 7. The molecular formula is C21H28N2O2S. The number of carbonyl (C=O) groups excluding carboxylic acids is 1. The first-order valence-electron chi connectivity index (χ1n) is 9.23. The molecule has 0 saturated heterocycles. The summed E-state index contributed by atoms with van der Waals surface area (Å²) in [4.78, 5) is 15.9. The molecule has 5 heteroatoms. The Bertz CT molecular complexity index is 724. The van der Waals surface area contributed by atoms with Gasteiger partial charge in [-0.25, -0.2) is 0 Å². The molecule has 2 heterocycles. The van der Waals surface area contributed by atoms with Crippen LogP contribution in [0.15, 0.2) is 35.7 Å². The summed E-state index contributed by atoms with van der Waals surface area (Å²) >= 11 is 1.85. The molecule has 1 aromatic carbocycles. The molecule has 0 spiro atoms. The van der Waals surface area contributed by atoms with Crippen molar-refractivity contribution >= 4 is 17.2 Å². The summed E-state index contributed by atoms with van der Waals surface area (Å²) in [6, 6.07) is 11.3. The molecule has 0 radical (unpaired) electrons. The van der Waals surface area contributed by atoms with Crippen LogP contribution in [0.1, 0.15) is 47.4 Å². The van der Waals surface area contributed by atoms with Crippen molar-refractivity contribution < 1.29 is 9.53 Å². The molecule has 1 N–H and O–H groups in total. The van der Waals surface area contributed by atoms with Gasteiger partial charge in [0, 0.05) is 31.6 Å². The van der Waals surface area contributed by atoms with E-state index in [9.17, 15) is 4.79 Å². The van der Waals surface area contributed by atoms with Crippen LogP contribution in [0.25, 0.3) is 0 Å². The van der Waals surface area contributed by atoms with Crippen LogP contribution in [-0.4, -0.2) is 37.6 Å². The van der Waals surface area contributed by atoms with E-state index in [-0.39, 0.29) is 18.6 Å². The second kappa shape index (κ2) is 8.80. The normalized spacial score (nSPS) is 15.7. The Labute approximate surface area is 160 Å². The highest BCUT2D eigenvalue weighted by Gasteiger charge is 2.26. The Hall–Kier alpha value is -1.69. The zero-order valence-electron chi connectivity index (χ0n) is 15.8. The first-order valence-corrected chi connectivity index (χ1v) is 10.1. The molecule has 1 aliphatic heterocycles. The topological polar surface area (TPSA) is 41.6 Å². The molecule has 0 bridgehead atoms. The summed E-state index contributed by atoms with van der Waals surface area (Å²) in [5.41, 5.74) is 4.02. The van der Waals surface area contributed by atoms with Crippen LogP contribution in [0.5, 0.6) is 0 Å². The summed E-state index contributed by atoms with van der Waals surface area (Å²) in [6.07, 6.45) is 1.08. The maximum absolute atomic E-state index is 11.9. The highest BCUT2D eigenvalue weighted by Crippen LogP contribution is 2.30. The van der Waals surface area contributed by atoms with Crippen molar-refractivity contribution in [2.75, 3.05) is 26.8 Å². The first-order chi connectivity index (χ1) is 12.6. The van der Waals surface area contributed by atoms with Gasteiger partial charge in [0.15, 0.2) is 0 Å². The van der Waals surface area contributed by atoms with E-state index in [0.29, 0.717) is 12.5 Å². The van der Waals surface area contributed by atoms with Gasteiger partial charge in [0.1, 0.15) is 6.61 Å². The summed E-state index contributed by atoms with van der Waals surface area (Å²) in [5.74, 6) is 0.455.